The van der Waals surface area contributed by atoms with Crippen LogP contribution in [0, 0.1) is 0 Å². The maximum Gasteiger partial charge on any atom is 0.433 e. The number of nitrogens with zero attached hydrogens (tertiary/aromatic N) is 4. The molecule has 4 aromatic rings. The number of alkyl halides is 3. The molecule has 0 fully saturated rings. The van der Waals surface area contributed by atoms with Crippen molar-refractivity contribution in [3.05, 3.63) is 66.4 Å². The van der Waals surface area contributed by atoms with Gasteiger partial charge < -0.3 is 15.2 Å². The number of halogens is 3. The van der Waals surface area contributed by atoms with E-state index in [9.17, 15) is 22.8 Å². The average Bonchev–Trinajstić information content (AvgIpc) is 3.36. The zero-order valence-electron chi connectivity index (χ0n) is 15.6. The zero-order chi connectivity index (χ0) is 22.0. The topological polar surface area (TPSA) is 115 Å². The van der Waals surface area contributed by atoms with Crippen molar-refractivity contribution in [3.63, 3.8) is 0 Å². The average molecular weight is 430 g/mol. The smallest absolute Gasteiger partial charge is 0.363 e. The van der Waals surface area contributed by atoms with Crippen LogP contribution >= 0.6 is 0 Å². The highest BCUT2D eigenvalue weighted by Crippen LogP contribution is 2.27. The Labute approximate surface area is 171 Å². The van der Waals surface area contributed by atoms with E-state index in [0.717, 1.165) is 12.1 Å². The van der Waals surface area contributed by atoms with Crippen molar-refractivity contribution in [2.45, 2.75) is 12.7 Å². The van der Waals surface area contributed by atoms with Crippen molar-refractivity contribution in [3.8, 4) is 0 Å². The fourth-order valence-electron chi connectivity index (χ4n) is 2.76. The molecular formula is C19H13F3N6O3. The number of benzene rings is 1. The van der Waals surface area contributed by atoms with Crippen LogP contribution in [-0.2, 0) is 17.5 Å². The summed E-state index contributed by atoms with van der Waals surface area (Å²) in [6, 6.07) is 7.83. The van der Waals surface area contributed by atoms with Gasteiger partial charge >= 0.3 is 6.18 Å². The first-order chi connectivity index (χ1) is 14.8. The number of rotatable bonds is 5. The third-order valence-electron chi connectivity index (χ3n) is 4.10. The molecule has 158 valence electrons. The molecule has 0 aliphatic rings. The van der Waals surface area contributed by atoms with Gasteiger partial charge in [0.05, 0.1) is 11.7 Å². The Kier molecular flexibility index (Phi) is 5.11. The lowest BCUT2D eigenvalue weighted by Crippen LogP contribution is -2.18. The van der Waals surface area contributed by atoms with Crippen LogP contribution in [0.3, 0.4) is 0 Å². The van der Waals surface area contributed by atoms with Gasteiger partial charge in [-0.3, -0.25) is 14.3 Å². The molecule has 12 heteroatoms. The van der Waals surface area contributed by atoms with E-state index in [1.807, 2.05) is 0 Å². The van der Waals surface area contributed by atoms with Gasteiger partial charge in [0.2, 0.25) is 5.91 Å². The molecule has 2 N–H and O–H groups in total. The highest BCUT2D eigenvalue weighted by Gasteiger charge is 2.32. The SMILES string of the molecule is O=C(Cn1cc2cc(NC(=O)c3cccc(C(F)(F)F)n3)ccc2n1)Nc1cnoc1. The Bertz CT molecular complexity index is 1250. The molecule has 0 saturated carbocycles. The minimum atomic E-state index is -4.65. The maximum atomic E-state index is 12.8. The van der Waals surface area contributed by atoms with E-state index in [1.54, 1.807) is 24.4 Å². The molecule has 4 rings (SSSR count). The Hall–Kier alpha value is -4.22. The highest BCUT2D eigenvalue weighted by molar-refractivity contribution is 6.03. The van der Waals surface area contributed by atoms with Crippen molar-refractivity contribution in [2.75, 3.05) is 10.6 Å². The number of hydrogen-bond donors (Lipinski definition) is 2. The summed E-state index contributed by atoms with van der Waals surface area (Å²) < 4.78 is 44.4. The van der Waals surface area contributed by atoms with E-state index in [2.05, 4.69) is 30.4 Å². The fraction of sp³-hybridized carbons (Fsp3) is 0.105. The Balaban J connectivity index is 1.47. The molecule has 0 saturated heterocycles. The van der Waals surface area contributed by atoms with Crippen LogP contribution in [0.1, 0.15) is 16.2 Å². The standard InChI is InChI=1S/C19H13F3N6O3/c20-19(21,22)16-3-1-2-15(26-16)18(30)25-12-4-5-14-11(6-12)8-28(27-14)9-17(29)24-13-7-23-31-10-13/h1-8,10H,9H2,(H,24,29)(H,25,30). The summed E-state index contributed by atoms with van der Waals surface area (Å²) >= 11 is 0. The monoisotopic (exact) mass is 430 g/mol. The van der Waals surface area contributed by atoms with Gasteiger partial charge in [0.15, 0.2) is 0 Å². The second-order valence-electron chi connectivity index (χ2n) is 6.42. The van der Waals surface area contributed by atoms with E-state index < -0.39 is 17.8 Å². The van der Waals surface area contributed by atoms with Crippen molar-refractivity contribution in [2.24, 2.45) is 0 Å². The van der Waals surface area contributed by atoms with Gasteiger partial charge in [-0.25, -0.2) is 4.98 Å². The van der Waals surface area contributed by atoms with Crippen LogP contribution in [-0.4, -0.2) is 31.7 Å². The van der Waals surface area contributed by atoms with Crippen molar-refractivity contribution < 1.29 is 27.3 Å². The van der Waals surface area contributed by atoms with Crippen LogP contribution in [0.5, 0.6) is 0 Å². The number of aromatic nitrogens is 4. The van der Waals surface area contributed by atoms with Gasteiger partial charge in [-0.2, -0.15) is 18.3 Å². The maximum absolute atomic E-state index is 12.8. The van der Waals surface area contributed by atoms with E-state index >= 15 is 0 Å². The summed E-state index contributed by atoms with van der Waals surface area (Å²) in [5.74, 6) is -1.13. The van der Waals surface area contributed by atoms with Crippen LogP contribution in [0.15, 0.2) is 59.6 Å². The van der Waals surface area contributed by atoms with Gasteiger partial charge in [-0.1, -0.05) is 11.2 Å². The molecule has 0 radical (unpaired) electrons. The molecule has 0 spiro atoms. The van der Waals surface area contributed by atoms with Crippen LogP contribution in [0.4, 0.5) is 24.5 Å². The Morgan fingerprint density at radius 1 is 1.10 bits per heavy atom. The van der Waals surface area contributed by atoms with Crippen molar-refractivity contribution in [1.82, 2.24) is 19.9 Å². The minimum Gasteiger partial charge on any atom is -0.363 e. The second-order valence-corrected chi connectivity index (χ2v) is 6.42. The van der Waals surface area contributed by atoms with E-state index in [-0.39, 0.29) is 18.1 Å². The second kappa shape index (κ2) is 7.89. The summed E-state index contributed by atoms with van der Waals surface area (Å²) in [5, 5.41) is 13.5. The van der Waals surface area contributed by atoms with Gasteiger partial charge in [0.1, 0.15) is 29.9 Å². The lowest BCUT2D eigenvalue weighted by Gasteiger charge is -2.08. The van der Waals surface area contributed by atoms with E-state index in [0.29, 0.717) is 22.3 Å². The van der Waals surface area contributed by atoms with Crippen LogP contribution < -0.4 is 10.6 Å². The quantitative estimate of drug-likeness (QED) is 0.502. The van der Waals surface area contributed by atoms with E-state index in [1.165, 1.54) is 23.2 Å². The molecule has 31 heavy (non-hydrogen) atoms. The molecule has 9 nitrogen and oxygen atoms in total. The number of anilines is 2. The number of carbonyl (C=O) groups excluding carboxylic acids is 2. The minimum absolute atomic E-state index is 0.0737. The normalized spacial score (nSPS) is 11.5. The third-order valence-corrected chi connectivity index (χ3v) is 4.10. The molecule has 0 aliphatic carbocycles. The first-order valence-corrected chi connectivity index (χ1v) is 8.80. The summed E-state index contributed by atoms with van der Waals surface area (Å²) in [5.41, 5.74) is -0.203. The molecule has 2 amide bonds. The molecule has 3 heterocycles. The van der Waals surface area contributed by atoms with Gasteiger partial charge in [-0.05, 0) is 30.3 Å². The molecule has 1 aromatic carbocycles. The third kappa shape index (κ3) is 4.69. The molecular weight excluding hydrogens is 417 g/mol. The Morgan fingerprint density at radius 2 is 1.94 bits per heavy atom. The summed E-state index contributed by atoms with van der Waals surface area (Å²) in [6.45, 7) is -0.0737. The Morgan fingerprint density at radius 3 is 2.68 bits per heavy atom. The highest BCUT2D eigenvalue weighted by atomic mass is 19.4. The molecule has 0 unspecified atom stereocenters. The van der Waals surface area contributed by atoms with Crippen molar-refractivity contribution in [1.29, 1.82) is 0 Å². The molecule has 0 aliphatic heterocycles. The first kappa shape index (κ1) is 20.1. The molecule has 0 bridgehead atoms. The number of amides is 2. The summed E-state index contributed by atoms with van der Waals surface area (Å²) in [6.07, 6.45) is -0.414. The lowest BCUT2D eigenvalue weighted by atomic mass is 10.2. The van der Waals surface area contributed by atoms with Crippen LogP contribution in [0.2, 0.25) is 0 Å². The van der Waals surface area contributed by atoms with Gasteiger partial charge in [0.25, 0.3) is 5.91 Å². The molecule has 3 aromatic heterocycles. The fourth-order valence-corrected chi connectivity index (χ4v) is 2.76. The number of carbonyl (C=O) groups is 2. The summed E-state index contributed by atoms with van der Waals surface area (Å²) in [7, 11) is 0. The first-order valence-electron chi connectivity index (χ1n) is 8.80. The number of pyridine rings is 1. The van der Waals surface area contributed by atoms with Crippen LogP contribution in [0.25, 0.3) is 10.9 Å². The predicted octanol–water partition coefficient (Wildman–Crippen LogP) is 3.33. The lowest BCUT2D eigenvalue weighted by molar-refractivity contribution is -0.141. The van der Waals surface area contributed by atoms with E-state index in [4.69, 9.17) is 0 Å². The zero-order valence-corrected chi connectivity index (χ0v) is 15.6. The molecule has 0 atom stereocenters. The summed E-state index contributed by atoms with van der Waals surface area (Å²) in [4.78, 5) is 27.7. The van der Waals surface area contributed by atoms with Gasteiger partial charge in [0, 0.05) is 17.3 Å². The number of fused-ring (bicyclic) bond motifs is 1. The largest absolute Gasteiger partial charge is 0.433 e. The van der Waals surface area contributed by atoms with Gasteiger partial charge in [-0.15, -0.1) is 0 Å². The van der Waals surface area contributed by atoms with Crippen molar-refractivity contribution >= 4 is 34.1 Å². The number of nitrogens with one attached hydrogen (secondary N) is 2. The predicted molar refractivity (Wildman–Crippen MR) is 102 cm³/mol. The number of hydrogen-bond acceptors (Lipinski definition) is 6.